The van der Waals surface area contributed by atoms with Gasteiger partial charge in [-0.2, -0.15) is 0 Å². The number of carbonyl (C=O) groups excluding carboxylic acids is 1. The molecule has 0 bridgehead atoms. The summed E-state index contributed by atoms with van der Waals surface area (Å²) in [4.78, 5) is 24.4. The molecule has 4 nitrogen and oxygen atoms in total. The van der Waals surface area contributed by atoms with Crippen LogP contribution in [0.4, 0.5) is 0 Å². The van der Waals surface area contributed by atoms with Crippen molar-refractivity contribution >= 4 is 11.9 Å². The molecule has 1 aliphatic carbocycles. The lowest BCUT2D eigenvalue weighted by atomic mass is 10.0. The zero-order valence-electron chi connectivity index (χ0n) is 9.85. The van der Waals surface area contributed by atoms with Crippen LogP contribution in [0.25, 0.3) is 0 Å². The Labute approximate surface area is 95.9 Å². The highest BCUT2D eigenvalue weighted by Gasteiger charge is 2.27. The maximum absolute atomic E-state index is 12.1. The van der Waals surface area contributed by atoms with Crippen molar-refractivity contribution in [3.63, 3.8) is 0 Å². The van der Waals surface area contributed by atoms with Crippen LogP contribution in [0.3, 0.4) is 0 Å². The minimum atomic E-state index is -0.858. The third-order valence-corrected chi connectivity index (χ3v) is 2.98. The second-order valence-electron chi connectivity index (χ2n) is 4.21. The first-order valence-electron chi connectivity index (χ1n) is 5.73. The van der Waals surface area contributed by atoms with Gasteiger partial charge in [0.25, 0.3) is 0 Å². The van der Waals surface area contributed by atoms with E-state index in [2.05, 4.69) is 0 Å². The van der Waals surface area contributed by atoms with E-state index in [9.17, 15) is 9.59 Å². The highest BCUT2D eigenvalue weighted by molar-refractivity contribution is 5.80. The number of hydrogen-bond acceptors (Lipinski definition) is 2. The Hall–Kier alpha value is -1.32. The zero-order valence-corrected chi connectivity index (χ0v) is 9.85. The first kappa shape index (κ1) is 12.7. The molecule has 90 valence electrons. The summed E-state index contributed by atoms with van der Waals surface area (Å²) in [5.41, 5.74) is 0. The monoisotopic (exact) mass is 225 g/mol. The smallest absolute Gasteiger partial charge is 0.305 e. The van der Waals surface area contributed by atoms with E-state index >= 15 is 0 Å². The number of carboxylic acid groups (broad SMARTS) is 1. The molecule has 0 heterocycles. The summed E-state index contributed by atoms with van der Waals surface area (Å²) in [6.45, 7) is 4.25. The minimum absolute atomic E-state index is 0.0136. The molecule has 0 aromatic heterocycles. The fraction of sp³-hybridized carbons (Fsp3) is 0.667. The zero-order chi connectivity index (χ0) is 12.1. The largest absolute Gasteiger partial charge is 0.481 e. The molecule has 4 heteroatoms. The summed E-state index contributed by atoms with van der Waals surface area (Å²) in [5.74, 6) is -0.749. The van der Waals surface area contributed by atoms with E-state index in [4.69, 9.17) is 5.11 Å². The van der Waals surface area contributed by atoms with Crippen LogP contribution >= 0.6 is 0 Å². The van der Waals surface area contributed by atoms with E-state index in [1.165, 1.54) is 0 Å². The average Bonchev–Trinajstić information content (AvgIpc) is 2.69. The molecule has 1 N–H and O–H groups in total. The standard InChI is InChI=1S/C12H19NO3/c1-3-13(9(2)8-11(14)15)12(16)10-6-4-5-7-10/h4-5,9-10H,3,6-8H2,1-2H3,(H,14,15). The van der Waals surface area contributed by atoms with Crippen LogP contribution in [-0.4, -0.2) is 34.5 Å². The summed E-state index contributed by atoms with van der Waals surface area (Å²) in [6, 6.07) is -0.226. The van der Waals surface area contributed by atoms with Gasteiger partial charge in [-0.15, -0.1) is 0 Å². The van der Waals surface area contributed by atoms with E-state index in [1.807, 2.05) is 19.1 Å². The predicted octanol–water partition coefficient (Wildman–Crippen LogP) is 1.66. The van der Waals surface area contributed by atoms with Crippen molar-refractivity contribution < 1.29 is 14.7 Å². The van der Waals surface area contributed by atoms with Crippen LogP contribution in [0, 0.1) is 5.92 Å². The predicted molar refractivity (Wildman–Crippen MR) is 61.0 cm³/mol. The normalized spacial score (nSPS) is 17.4. The van der Waals surface area contributed by atoms with Crippen molar-refractivity contribution in [3.05, 3.63) is 12.2 Å². The number of rotatable bonds is 5. The second kappa shape index (κ2) is 5.68. The lowest BCUT2D eigenvalue weighted by Crippen LogP contribution is -2.42. The molecule has 1 amide bonds. The van der Waals surface area contributed by atoms with Crippen LogP contribution in [0.15, 0.2) is 12.2 Å². The van der Waals surface area contributed by atoms with Crippen LogP contribution in [-0.2, 0) is 9.59 Å². The Balaban J connectivity index is 2.58. The summed E-state index contributed by atoms with van der Waals surface area (Å²) in [7, 11) is 0. The van der Waals surface area contributed by atoms with Gasteiger partial charge in [0, 0.05) is 18.5 Å². The van der Waals surface area contributed by atoms with Crippen molar-refractivity contribution in [2.24, 2.45) is 5.92 Å². The molecule has 16 heavy (non-hydrogen) atoms. The van der Waals surface area contributed by atoms with Gasteiger partial charge in [-0.25, -0.2) is 0 Å². The van der Waals surface area contributed by atoms with Crippen molar-refractivity contribution in [2.75, 3.05) is 6.54 Å². The Morgan fingerprint density at radius 1 is 1.44 bits per heavy atom. The SMILES string of the molecule is CCN(C(=O)C1CC=CC1)C(C)CC(=O)O. The number of amides is 1. The van der Waals surface area contributed by atoms with Gasteiger partial charge in [-0.3, -0.25) is 9.59 Å². The Morgan fingerprint density at radius 2 is 2.00 bits per heavy atom. The van der Waals surface area contributed by atoms with Crippen LogP contribution in [0.1, 0.15) is 33.1 Å². The van der Waals surface area contributed by atoms with Gasteiger partial charge >= 0.3 is 5.97 Å². The number of aliphatic carboxylic acids is 1. The molecule has 0 spiro atoms. The van der Waals surface area contributed by atoms with Gasteiger partial charge in [0.15, 0.2) is 0 Å². The number of nitrogens with zero attached hydrogens (tertiary/aromatic N) is 1. The Bertz CT molecular complexity index is 291. The number of allylic oxidation sites excluding steroid dienone is 2. The fourth-order valence-corrected chi connectivity index (χ4v) is 2.10. The average molecular weight is 225 g/mol. The number of carbonyl (C=O) groups is 2. The van der Waals surface area contributed by atoms with E-state index in [1.54, 1.807) is 11.8 Å². The molecule has 1 atom stereocenters. The first-order chi connectivity index (χ1) is 7.56. The van der Waals surface area contributed by atoms with Crippen molar-refractivity contribution in [1.82, 2.24) is 4.90 Å². The van der Waals surface area contributed by atoms with Gasteiger partial charge in [-0.1, -0.05) is 12.2 Å². The van der Waals surface area contributed by atoms with Crippen molar-refractivity contribution in [2.45, 2.75) is 39.2 Å². The number of hydrogen-bond donors (Lipinski definition) is 1. The fourth-order valence-electron chi connectivity index (χ4n) is 2.10. The topological polar surface area (TPSA) is 57.6 Å². The quantitative estimate of drug-likeness (QED) is 0.724. The van der Waals surface area contributed by atoms with Gasteiger partial charge in [0.05, 0.1) is 6.42 Å². The molecular formula is C12H19NO3. The van der Waals surface area contributed by atoms with Gasteiger partial charge in [0.1, 0.15) is 0 Å². The number of carboxylic acids is 1. The molecule has 0 aromatic rings. The molecule has 0 aliphatic heterocycles. The third-order valence-electron chi connectivity index (χ3n) is 2.98. The van der Waals surface area contributed by atoms with Crippen molar-refractivity contribution in [3.8, 4) is 0 Å². The molecule has 0 aromatic carbocycles. The van der Waals surface area contributed by atoms with E-state index in [-0.39, 0.29) is 24.3 Å². The summed E-state index contributed by atoms with van der Waals surface area (Å²) in [6.07, 6.45) is 5.61. The summed E-state index contributed by atoms with van der Waals surface area (Å²) in [5, 5.41) is 8.73. The second-order valence-corrected chi connectivity index (χ2v) is 4.21. The molecule has 1 unspecified atom stereocenters. The van der Waals surface area contributed by atoms with Gasteiger partial charge in [0.2, 0.25) is 5.91 Å². The lowest BCUT2D eigenvalue weighted by Gasteiger charge is -2.29. The van der Waals surface area contributed by atoms with Gasteiger partial charge < -0.3 is 10.0 Å². The molecule has 1 rings (SSSR count). The third kappa shape index (κ3) is 3.08. The lowest BCUT2D eigenvalue weighted by molar-refractivity contribution is -0.141. The van der Waals surface area contributed by atoms with E-state index < -0.39 is 5.97 Å². The van der Waals surface area contributed by atoms with Crippen LogP contribution in [0.2, 0.25) is 0 Å². The van der Waals surface area contributed by atoms with Crippen molar-refractivity contribution in [1.29, 1.82) is 0 Å². The Kier molecular flexibility index (Phi) is 4.52. The Morgan fingerprint density at radius 3 is 2.44 bits per heavy atom. The first-order valence-corrected chi connectivity index (χ1v) is 5.73. The van der Waals surface area contributed by atoms with Crippen LogP contribution in [0.5, 0.6) is 0 Å². The molecule has 0 fully saturated rings. The highest BCUT2D eigenvalue weighted by Crippen LogP contribution is 2.21. The molecular weight excluding hydrogens is 206 g/mol. The summed E-state index contributed by atoms with van der Waals surface area (Å²) < 4.78 is 0. The maximum Gasteiger partial charge on any atom is 0.305 e. The van der Waals surface area contributed by atoms with E-state index in [0.29, 0.717) is 6.54 Å². The molecule has 0 saturated carbocycles. The van der Waals surface area contributed by atoms with Crippen LogP contribution < -0.4 is 0 Å². The minimum Gasteiger partial charge on any atom is -0.481 e. The molecule has 1 aliphatic rings. The molecule has 0 saturated heterocycles. The van der Waals surface area contributed by atoms with E-state index in [0.717, 1.165) is 12.8 Å². The highest BCUT2D eigenvalue weighted by atomic mass is 16.4. The summed E-state index contributed by atoms with van der Waals surface area (Å²) >= 11 is 0. The molecule has 0 radical (unpaired) electrons. The van der Waals surface area contributed by atoms with Gasteiger partial charge in [-0.05, 0) is 26.7 Å². The maximum atomic E-state index is 12.1.